The Bertz CT molecular complexity index is 837. The van der Waals surface area contributed by atoms with Gasteiger partial charge in [0.1, 0.15) is 11.5 Å². The van der Waals surface area contributed by atoms with Crippen molar-refractivity contribution in [3.05, 3.63) is 59.4 Å². The Kier molecular flexibility index (Phi) is 9.92. The maximum absolute atomic E-state index is 11.8. The van der Waals surface area contributed by atoms with Gasteiger partial charge in [0.05, 0.1) is 17.8 Å². The number of nitrogens with zero attached hydrogens (tertiary/aromatic N) is 2. The molecule has 2 aliphatic rings. The lowest BCUT2D eigenvalue weighted by Gasteiger charge is -2.38. The van der Waals surface area contributed by atoms with Crippen molar-refractivity contribution in [2.45, 2.75) is 32.9 Å². The summed E-state index contributed by atoms with van der Waals surface area (Å²) in [4.78, 5) is 12.0. The van der Waals surface area contributed by atoms with Gasteiger partial charge >= 0.3 is 6.18 Å². The van der Waals surface area contributed by atoms with E-state index < -0.39 is 18.3 Å². The minimum Gasteiger partial charge on any atom is -0.508 e. The molecule has 1 aromatic rings. The number of allylic oxidation sites excluding steroid dienone is 3. The van der Waals surface area contributed by atoms with Gasteiger partial charge in [-0.25, -0.2) is 5.84 Å². The number of rotatable bonds is 3. The Morgan fingerprint density at radius 2 is 2.00 bits per heavy atom. The highest BCUT2D eigenvalue weighted by molar-refractivity contribution is 8.00. The number of amides is 1. The number of hydrogen-bond donors (Lipinski definition) is 4. The van der Waals surface area contributed by atoms with Crippen molar-refractivity contribution in [2.75, 3.05) is 11.5 Å². The van der Waals surface area contributed by atoms with E-state index in [0.29, 0.717) is 5.41 Å². The number of hydrogen-bond acceptors (Lipinski definition) is 7. The highest BCUT2D eigenvalue weighted by Crippen LogP contribution is 2.43. The molecule has 0 aliphatic carbocycles. The van der Waals surface area contributed by atoms with Gasteiger partial charge < -0.3 is 15.9 Å². The van der Waals surface area contributed by atoms with E-state index in [0.717, 1.165) is 12.1 Å². The number of thioether (sulfide) groups is 1. The molecule has 6 N–H and O–H groups in total. The van der Waals surface area contributed by atoms with Crippen molar-refractivity contribution >= 4 is 18.2 Å². The summed E-state index contributed by atoms with van der Waals surface area (Å²) < 4.78 is 35.3. The van der Waals surface area contributed by atoms with Crippen LogP contribution < -0.4 is 11.6 Å². The minimum absolute atomic E-state index is 0.250. The quantitative estimate of drug-likeness (QED) is 0.401. The normalized spacial score (nSPS) is 18.4. The lowest BCUT2D eigenvalue weighted by molar-refractivity contribution is -0.128. The Morgan fingerprint density at radius 3 is 2.48 bits per heavy atom. The molecule has 0 spiro atoms. The molecule has 1 fully saturated rings. The van der Waals surface area contributed by atoms with E-state index in [-0.39, 0.29) is 17.9 Å². The molecule has 0 bridgehead atoms. The van der Waals surface area contributed by atoms with Gasteiger partial charge in [0.15, 0.2) is 0 Å². The predicted octanol–water partition coefficient (Wildman–Crippen LogP) is 3.54. The van der Waals surface area contributed by atoms with Gasteiger partial charge in [0.25, 0.3) is 0 Å². The second kappa shape index (κ2) is 11.7. The van der Waals surface area contributed by atoms with Crippen LogP contribution >= 0.6 is 11.8 Å². The van der Waals surface area contributed by atoms with E-state index in [2.05, 4.69) is 24.6 Å². The smallest absolute Gasteiger partial charge is 0.394 e. The van der Waals surface area contributed by atoms with Gasteiger partial charge in [0.2, 0.25) is 6.41 Å². The summed E-state index contributed by atoms with van der Waals surface area (Å²) in [5.41, 5.74) is 6.39. The molecule has 2 aliphatic heterocycles. The van der Waals surface area contributed by atoms with Crippen LogP contribution in [0, 0.1) is 5.41 Å². The van der Waals surface area contributed by atoms with Crippen molar-refractivity contribution in [1.82, 2.24) is 9.99 Å². The molecular formula is C20H27F3N4O3S. The summed E-state index contributed by atoms with van der Waals surface area (Å²) in [6.07, 6.45) is 1.99. The Balaban J connectivity index is 0.000000285. The van der Waals surface area contributed by atoms with Crippen molar-refractivity contribution < 1.29 is 28.2 Å². The van der Waals surface area contributed by atoms with Crippen LogP contribution in [0.5, 0.6) is 5.75 Å². The van der Waals surface area contributed by atoms with E-state index in [1.54, 1.807) is 23.4 Å². The first kappa shape index (κ1) is 26.4. The fraction of sp³-hybridized carbons (Fsp3) is 0.400. The predicted molar refractivity (Wildman–Crippen MR) is 115 cm³/mol. The molecule has 31 heavy (non-hydrogen) atoms. The lowest BCUT2D eigenvalue weighted by Crippen LogP contribution is -2.33. The third kappa shape index (κ3) is 9.35. The molecule has 1 saturated heterocycles. The Morgan fingerprint density at radius 1 is 1.39 bits per heavy atom. The molecular weight excluding hydrogens is 433 g/mol. The summed E-state index contributed by atoms with van der Waals surface area (Å²) in [5, 5.41) is 20.0. The number of aliphatic hydroxyl groups excluding tert-OH is 1. The molecule has 0 saturated carbocycles. The number of aromatic nitrogens is 1. The van der Waals surface area contributed by atoms with Crippen LogP contribution in [0.2, 0.25) is 0 Å². The molecule has 0 aromatic carbocycles. The van der Waals surface area contributed by atoms with Gasteiger partial charge in [-0.1, -0.05) is 6.92 Å². The number of hydrazine groups is 1. The standard InChI is InChI=1S/C12H18N2OS.C7H6F3NO.CH3NO/c1-9(6-12(2)7-16-8-12)11-5-10(15)3-4-14(11)13;8-7(9,10)4-5-6(12)2-1-3-11-5;2-1-3/h3-5,15H,6-8,13H2,1-2H3;1-3,12H,4H2;1H,(H2,2,3)/b11-9-;;. The SMILES string of the molecule is C/C(CC1(C)CSC1)=C1\C=C(O)C=CN1N.NC=O.Oc1cccnc1CC(F)(F)F. The maximum atomic E-state index is 11.8. The number of primary amides is 1. The number of aromatic hydroxyl groups is 1. The van der Waals surface area contributed by atoms with Crippen molar-refractivity contribution in [1.29, 1.82) is 0 Å². The molecule has 11 heteroatoms. The zero-order chi connectivity index (χ0) is 23.7. The first-order valence-electron chi connectivity index (χ1n) is 9.16. The van der Waals surface area contributed by atoms with Gasteiger partial charge in [-0.2, -0.15) is 24.9 Å². The lowest BCUT2D eigenvalue weighted by atomic mass is 9.86. The van der Waals surface area contributed by atoms with Crippen LogP contribution in [0.3, 0.4) is 0 Å². The van der Waals surface area contributed by atoms with E-state index >= 15 is 0 Å². The monoisotopic (exact) mass is 460 g/mol. The molecule has 0 unspecified atom stereocenters. The zero-order valence-electron chi connectivity index (χ0n) is 17.3. The van der Waals surface area contributed by atoms with Gasteiger partial charge in [-0.05, 0) is 54.0 Å². The van der Waals surface area contributed by atoms with Crippen LogP contribution in [-0.2, 0) is 11.2 Å². The topological polar surface area (TPSA) is 126 Å². The molecule has 1 amide bonds. The third-order valence-electron chi connectivity index (χ3n) is 4.23. The summed E-state index contributed by atoms with van der Waals surface area (Å²) in [5.74, 6) is 8.13. The zero-order valence-corrected chi connectivity index (χ0v) is 18.1. The fourth-order valence-electron chi connectivity index (χ4n) is 2.88. The average molecular weight is 461 g/mol. The molecule has 3 heterocycles. The summed E-state index contributed by atoms with van der Waals surface area (Å²) in [7, 11) is 0. The van der Waals surface area contributed by atoms with Crippen LogP contribution in [0.15, 0.2) is 53.7 Å². The number of aliphatic hydroxyl groups is 1. The molecule has 3 rings (SSSR count). The third-order valence-corrected chi connectivity index (χ3v) is 6.04. The Labute approximate surface area is 183 Å². The summed E-state index contributed by atoms with van der Waals surface area (Å²) in [6.45, 7) is 4.39. The van der Waals surface area contributed by atoms with E-state index in [4.69, 9.17) is 15.7 Å². The van der Waals surface area contributed by atoms with Crippen LogP contribution in [0.1, 0.15) is 26.0 Å². The molecule has 7 nitrogen and oxygen atoms in total. The van der Waals surface area contributed by atoms with E-state index in [9.17, 15) is 18.3 Å². The maximum Gasteiger partial charge on any atom is 0.394 e. The number of carbonyl (C=O) groups is 1. The van der Waals surface area contributed by atoms with E-state index in [1.165, 1.54) is 35.4 Å². The van der Waals surface area contributed by atoms with Gasteiger partial charge in [-0.3, -0.25) is 14.8 Å². The molecule has 1 aromatic heterocycles. The Hall–Kier alpha value is -2.66. The number of alkyl halides is 3. The number of carbonyl (C=O) groups excluding carboxylic acids is 1. The van der Waals surface area contributed by atoms with Gasteiger partial charge in [-0.15, -0.1) is 0 Å². The molecule has 172 valence electrons. The minimum atomic E-state index is -4.33. The molecule has 0 radical (unpaired) electrons. The second-order valence-electron chi connectivity index (χ2n) is 7.34. The number of nitrogens with two attached hydrogens (primary N) is 2. The van der Waals surface area contributed by atoms with Gasteiger partial charge in [0, 0.05) is 18.5 Å². The summed E-state index contributed by atoms with van der Waals surface area (Å²) in [6, 6.07) is 2.54. The first-order valence-corrected chi connectivity index (χ1v) is 10.3. The fourth-order valence-corrected chi connectivity index (χ4v) is 3.99. The highest BCUT2D eigenvalue weighted by Gasteiger charge is 2.33. The largest absolute Gasteiger partial charge is 0.508 e. The van der Waals surface area contributed by atoms with Crippen molar-refractivity contribution in [2.24, 2.45) is 17.0 Å². The van der Waals surface area contributed by atoms with Crippen LogP contribution in [0.25, 0.3) is 0 Å². The number of pyridine rings is 1. The second-order valence-corrected chi connectivity index (χ2v) is 8.32. The highest BCUT2D eigenvalue weighted by atomic mass is 32.2. The van der Waals surface area contributed by atoms with Crippen molar-refractivity contribution in [3.8, 4) is 5.75 Å². The number of halogens is 3. The van der Waals surface area contributed by atoms with Crippen molar-refractivity contribution in [3.63, 3.8) is 0 Å². The first-order chi connectivity index (χ1) is 14.4. The van der Waals surface area contributed by atoms with Crippen LogP contribution in [0.4, 0.5) is 13.2 Å². The molecule has 0 atom stereocenters. The average Bonchev–Trinajstić information content (AvgIpc) is 2.64. The van der Waals surface area contributed by atoms with Crippen LogP contribution in [-0.4, -0.2) is 44.3 Å². The summed E-state index contributed by atoms with van der Waals surface area (Å²) >= 11 is 1.99. The van der Waals surface area contributed by atoms with E-state index in [1.807, 2.05) is 11.8 Å².